The average molecular weight is 290 g/mol. The second kappa shape index (κ2) is 5.64. The first kappa shape index (κ1) is 14.3. The Bertz CT molecular complexity index is 530. The van der Waals surface area contributed by atoms with Crippen molar-refractivity contribution in [3.8, 4) is 0 Å². The van der Waals surface area contributed by atoms with Crippen molar-refractivity contribution < 1.29 is 14.3 Å². The van der Waals surface area contributed by atoms with Crippen LogP contribution in [0.1, 0.15) is 44.8 Å². The van der Waals surface area contributed by atoms with Crippen molar-refractivity contribution in [2.75, 3.05) is 5.73 Å². The molecular formula is C16H22N2O3. The third kappa shape index (κ3) is 3.02. The van der Waals surface area contributed by atoms with Gasteiger partial charge in [0.05, 0.1) is 24.1 Å². The Labute approximate surface area is 124 Å². The molecule has 114 valence electrons. The highest BCUT2D eigenvalue weighted by atomic mass is 16.6. The lowest BCUT2D eigenvalue weighted by atomic mass is 9.86. The van der Waals surface area contributed by atoms with E-state index in [2.05, 4.69) is 11.9 Å². The van der Waals surface area contributed by atoms with Crippen molar-refractivity contribution in [3.05, 3.63) is 24.0 Å². The first-order valence-corrected chi connectivity index (χ1v) is 7.58. The highest BCUT2D eigenvalue weighted by Crippen LogP contribution is 2.46. The minimum atomic E-state index is -0.233. The fraction of sp³-hybridized carbons (Fsp3) is 0.625. The molecule has 0 amide bonds. The van der Waals surface area contributed by atoms with Crippen LogP contribution in [-0.2, 0) is 14.3 Å². The standard InChI is InChI=1S/C16H22N2O3/c1-9-7-14(12-5-6-18-8-13(12)17)21-16(11-3-4-11)15(9)20-10(2)19/h5-6,8-9,11,14-16H,3-4,7,17H2,1-2H3/t9-,14-,15+,16-/m1/s1. The highest BCUT2D eigenvalue weighted by molar-refractivity contribution is 5.66. The minimum Gasteiger partial charge on any atom is -0.459 e. The van der Waals surface area contributed by atoms with Crippen molar-refractivity contribution in [2.45, 2.75) is 51.4 Å². The van der Waals surface area contributed by atoms with Crippen molar-refractivity contribution in [1.29, 1.82) is 0 Å². The van der Waals surface area contributed by atoms with Crippen LogP contribution in [0.15, 0.2) is 18.5 Å². The molecule has 3 rings (SSSR count). The molecule has 21 heavy (non-hydrogen) atoms. The Morgan fingerprint density at radius 3 is 2.86 bits per heavy atom. The normalized spacial score (nSPS) is 32.7. The molecule has 0 spiro atoms. The Balaban J connectivity index is 1.81. The van der Waals surface area contributed by atoms with E-state index in [1.807, 2.05) is 6.07 Å². The first-order valence-electron chi connectivity index (χ1n) is 7.58. The molecule has 4 atom stereocenters. The summed E-state index contributed by atoms with van der Waals surface area (Å²) in [5, 5.41) is 0. The van der Waals surface area contributed by atoms with Gasteiger partial charge in [0, 0.05) is 18.7 Å². The quantitative estimate of drug-likeness (QED) is 0.866. The van der Waals surface area contributed by atoms with Crippen molar-refractivity contribution in [2.24, 2.45) is 11.8 Å². The smallest absolute Gasteiger partial charge is 0.303 e. The van der Waals surface area contributed by atoms with Crippen molar-refractivity contribution >= 4 is 11.7 Å². The molecule has 5 nitrogen and oxygen atoms in total. The SMILES string of the molecule is CC(=O)O[C@H]1[C@H](C)C[C@H](c2ccncc2N)O[C@@H]1C1CC1. The molecule has 1 aromatic rings. The predicted molar refractivity (Wildman–Crippen MR) is 78.3 cm³/mol. The number of ether oxygens (including phenoxy) is 2. The number of rotatable bonds is 3. The summed E-state index contributed by atoms with van der Waals surface area (Å²) >= 11 is 0. The summed E-state index contributed by atoms with van der Waals surface area (Å²) in [5.74, 6) is 0.524. The number of carbonyl (C=O) groups excluding carboxylic acids is 1. The molecule has 0 unspecified atom stereocenters. The number of hydrogen-bond donors (Lipinski definition) is 1. The molecule has 2 heterocycles. The molecule has 1 saturated heterocycles. The van der Waals surface area contributed by atoms with Gasteiger partial charge in [-0.2, -0.15) is 0 Å². The number of pyridine rings is 1. The Morgan fingerprint density at radius 2 is 2.24 bits per heavy atom. The Hall–Kier alpha value is -1.62. The lowest BCUT2D eigenvalue weighted by molar-refractivity contribution is -0.185. The van der Waals surface area contributed by atoms with E-state index < -0.39 is 0 Å². The molecule has 1 aromatic heterocycles. The molecule has 0 bridgehead atoms. The van der Waals surface area contributed by atoms with Gasteiger partial charge in [-0.05, 0) is 37.2 Å². The van der Waals surface area contributed by atoms with Crippen LogP contribution >= 0.6 is 0 Å². The van der Waals surface area contributed by atoms with E-state index in [1.165, 1.54) is 6.92 Å². The highest BCUT2D eigenvalue weighted by Gasteiger charge is 2.46. The number of anilines is 1. The number of aromatic nitrogens is 1. The zero-order valence-corrected chi connectivity index (χ0v) is 12.5. The van der Waals surface area contributed by atoms with Gasteiger partial charge in [0.1, 0.15) is 6.10 Å². The number of nitrogens with zero attached hydrogens (tertiary/aromatic N) is 1. The molecular weight excluding hydrogens is 268 g/mol. The van der Waals surface area contributed by atoms with Gasteiger partial charge in [-0.25, -0.2) is 0 Å². The summed E-state index contributed by atoms with van der Waals surface area (Å²) in [5.41, 5.74) is 7.67. The monoisotopic (exact) mass is 290 g/mol. The van der Waals surface area contributed by atoms with Crippen LogP contribution in [-0.4, -0.2) is 23.2 Å². The minimum absolute atomic E-state index is 0.0183. The van der Waals surface area contributed by atoms with E-state index in [0.717, 1.165) is 24.8 Å². The summed E-state index contributed by atoms with van der Waals surface area (Å²) in [6, 6.07) is 1.92. The predicted octanol–water partition coefficient (Wildman–Crippen LogP) is 2.47. The third-order valence-corrected chi connectivity index (χ3v) is 4.41. The van der Waals surface area contributed by atoms with Gasteiger partial charge in [0.15, 0.2) is 0 Å². The fourth-order valence-electron chi connectivity index (χ4n) is 3.21. The van der Waals surface area contributed by atoms with Crippen LogP contribution in [0.25, 0.3) is 0 Å². The molecule has 2 N–H and O–H groups in total. The zero-order chi connectivity index (χ0) is 15.0. The molecule has 0 aromatic carbocycles. The molecule has 1 aliphatic heterocycles. The maximum absolute atomic E-state index is 11.3. The third-order valence-electron chi connectivity index (χ3n) is 4.41. The molecule has 0 radical (unpaired) electrons. The van der Waals surface area contributed by atoms with Gasteiger partial charge in [0.25, 0.3) is 0 Å². The van der Waals surface area contributed by atoms with E-state index in [4.69, 9.17) is 15.2 Å². The largest absolute Gasteiger partial charge is 0.459 e. The van der Waals surface area contributed by atoms with Gasteiger partial charge in [0.2, 0.25) is 0 Å². The number of esters is 1. The maximum Gasteiger partial charge on any atom is 0.303 e. The van der Waals surface area contributed by atoms with Crippen LogP contribution in [0.2, 0.25) is 0 Å². The first-order chi connectivity index (χ1) is 10.1. The van der Waals surface area contributed by atoms with Gasteiger partial charge < -0.3 is 15.2 Å². The number of nitrogen functional groups attached to an aromatic ring is 1. The molecule has 1 aliphatic carbocycles. The number of hydrogen-bond acceptors (Lipinski definition) is 5. The van der Waals surface area contributed by atoms with Crippen LogP contribution < -0.4 is 5.73 Å². The van der Waals surface area contributed by atoms with Crippen LogP contribution in [0.3, 0.4) is 0 Å². The average Bonchev–Trinajstić information content (AvgIpc) is 3.25. The van der Waals surface area contributed by atoms with Gasteiger partial charge in [-0.1, -0.05) is 6.92 Å². The molecule has 2 fully saturated rings. The molecule has 5 heteroatoms. The summed E-state index contributed by atoms with van der Waals surface area (Å²) in [6.07, 6.45) is 6.29. The van der Waals surface area contributed by atoms with Gasteiger partial charge in [-0.3, -0.25) is 9.78 Å². The van der Waals surface area contributed by atoms with Crippen LogP contribution in [0.5, 0.6) is 0 Å². The van der Waals surface area contributed by atoms with Gasteiger partial charge in [-0.15, -0.1) is 0 Å². The van der Waals surface area contributed by atoms with E-state index in [1.54, 1.807) is 12.4 Å². The molecule has 1 saturated carbocycles. The van der Waals surface area contributed by atoms with Crippen molar-refractivity contribution in [1.82, 2.24) is 4.98 Å². The van der Waals surface area contributed by atoms with E-state index in [0.29, 0.717) is 11.6 Å². The van der Waals surface area contributed by atoms with Crippen molar-refractivity contribution in [3.63, 3.8) is 0 Å². The topological polar surface area (TPSA) is 74.4 Å². The number of carbonyl (C=O) groups is 1. The summed E-state index contributed by atoms with van der Waals surface area (Å²) < 4.78 is 11.8. The van der Waals surface area contributed by atoms with Gasteiger partial charge >= 0.3 is 5.97 Å². The second-order valence-electron chi connectivity index (χ2n) is 6.22. The Kier molecular flexibility index (Phi) is 3.85. The maximum atomic E-state index is 11.3. The summed E-state index contributed by atoms with van der Waals surface area (Å²) in [4.78, 5) is 15.4. The summed E-state index contributed by atoms with van der Waals surface area (Å²) in [7, 11) is 0. The summed E-state index contributed by atoms with van der Waals surface area (Å²) in [6.45, 7) is 3.58. The Morgan fingerprint density at radius 1 is 1.48 bits per heavy atom. The van der Waals surface area contributed by atoms with Crippen LogP contribution in [0, 0.1) is 11.8 Å². The van der Waals surface area contributed by atoms with E-state index in [9.17, 15) is 4.79 Å². The number of nitrogens with two attached hydrogens (primary N) is 1. The second-order valence-corrected chi connectivity index (χ2v) is 6.22. The fourth-order valence-corrected chi connectivity index (χ4v) is 3.21. The zero-order valence-electron chi connectivity index (χ0n) is 12.5. The van der Waals surface area contributed by atoms with E-state index >= 15 is 0 Å². The lowest BCUT2D eigenvalue weighted by Crippen LogP contribution is -2.45. The van der Waals surface area contributed by atoms with E-state index in [-0.39, 0.29) is 30.2 Å². The molecule has 2 aliphatic rings. The lowest BCUT2D eigenvalue weighted by Gasteiger charge is -2.40. The van der Waals surface area contributed by atoms with Crippen LogP contribution in [0.4, 0.5) is 5.69 Å².